The van der Waals surface area contributed by atoms with Crippen molar-refractivity contribution in [3.8, 4) is 28.0 Å². The van der Waals surface area contributed by atoms with E-state index in [1.165, 1.54) is 0 Å². The van der Waals surface area contributed by atoms with Gasteiger partial charge in [-0.05, 0) is 77.1 Å². The second-order valence-electron chi connectivity index (χ2n) is 13.0. The van der Waals surface area contributed by atoms with Crippen molar-refractivity contribution in [1.82, 2.24) is 4.48 Å². The molecule has 0 saturated carbocycles. The van der Waals surface area contributed by atoms with Gasteiger partial charge in [-0.3, -0.25) is 5.04 Å². The molecule has 1 fully saturated rings. The van der Waals surface area contributed by atoms with E-state index in [1.54, 1.807) is 0 Å². The van der Waals surface area contributed by atoms with Crippen LogP contribution in [0.3, 0.4) is 0 Å². The summed E-state index contributed by atoms with van der Waals surface area (Å²) in [4.78, 5) is 0. The van der Waals surface area contributed by atoms with E-state index in [0.29, 0.717) is 60.5 Å². The molecule has 53 heavy (non-hydrogen) atoms. The molecule has 0 aliphatic carbocycles. The lowest BCUT2D eigenvalue weighted by Crippen LogP contribution is -2.54. The molecule has 7 rings (SSSR count). The standard InChI is InChI=1S/C39H36Br2N2O8S2/c1-2-26(22-37-42(19-3-4-21-52-51-50-44)33-24-29(11-17-35(33)48-37)27-7-13-31(40)14-8-27)23-38-43(20-5-6-39(43)53(45,46)47)34-25-30(12-18-36(34)49-38)28-9-15-32(41)16-10-28/h7-18,22-25,39H,2-6,19-21H2,1H3/b26-22+,38-23-. The molecule has 5 aromatic rings. The first-order chi connectivity index (χ1) is 25.6. The van der Waals surface area contributed by atoms with Crippen LogP contribution in [-0.4, -0.2) is 30.6 Å². The number of quaternary nitrogens is 1. The van der Waals surface area contributed by atoms with Gasteiger partial charge in [0.15, 0.2) is 33.5 Å². The quantitative estimate of drug-likeness (QED) is 0.0217. The molecule has 0 amide bonds. The zero-order valence-electron chi connectivity index (χ0n) is 28.7. The van der Waals surface area contributed by atoms with Crippen LogP contribution in [0, 0.1) is 0 Å². The lowest BCUT2D eigenvalue weighted by Gasteiger charge is -2.35. The minimum atomic E-state index is -4.71. The summed E-state index contributed by atoms with van der Waals surface area (Å²) in [7, 11) is -4.71. The van der Waals surface area contributed by atoms with Gasteiger partial charge in [-0.2, -0.15) is 8.90 Å². The molecule has 2 unspecified atom stereocenters. The van der Waals surface area contributed by atoms with Gasteiger partial charge in [-0.1, -0.05) is 75.2 Å². The van der Waals surface area contributed by atoms with Crippen LogP contribution in [0.5, 0.6) is 5.75 Å². The fourth-order valence-corrected chi connectivity index (χ4v) is 9.45. The van der Waals surface area contributed by atoms with E-state index in [0.717, 1.165) is 67.2 Å². The summed E-state index contributed by atoms with van der Waals surface area (Å²) in [5.74, 6) is 2.13. The van der Waals surface area contributed by atoms with Gasteiger partial charge in [0.1, 0.15) is 0 Å². The molecule has 2 aliphatic heterocycles. The summed E-state index contributed by atoms with van der Waals surface area (Å²) in [5.41, 5.74) is 7.09. The Hall–Kier alpha value is -3.31. The number of nitrogens with zero attached hydrogens (tertiary/aromatic N) is 2. The van der Waals surface area contributed by atoms with Crippen molar-refractivity contribution < 1.29 is 41.3 Å². The van der Waals surface area contributed by atoms with E-state index >= 15 is 0 Å². The highest BCUT2D eigenvalue weighted by atomic mass is 79.9. The number of oxazole rings is 1. The smallest absolute Gasteiger partial charge is 0.374 e. The SMILES string of the molecule is CCC(/C=C1\Oc2ccc(-c3ccc(Br)cc3)cc2[N+]12CCCC2S(=O)(=O)[O-])=C\c1oc2ccc(-c3ccc(Br)cc3)cc2[n+]1CCCCSOO[O-]. The number of fused-ring (bicyclic) bond motifs is 3. The predicted molar refractivity (Wildman–Crippen MR) is 209 cm³/mol. The van der Waals surface area contributed by atoms with Crippen molar-refractivity contribution in [1.29, 1.82) is 0 Å². The largest absolute Gasteiger partial charge is 0.743 e. The van der Waals surface area contributed by atoms with Crippen molar-refractivity contribution in [2.45, 2.75) is 50.9 Å². The van der Waals surface area contributed by atoms with Crippen molar-refractivity contribution in [3.05, 3.63) is 117 Å². The average molecular weight is 885 g/mol. The summed E-state index contributed by atoms with van der Waals surface area (Å²) in [6.07, 6.45) is 6.72. The van der Waals surface area contributed by atoms with Crippen molar-refractivity contribution in [2.24, 2.45) is 0 Å². The molecule has 2 atom stereocenters. The summed E-state index contributed by atoms with van der Waals surface area (Å²) >= 11 is 7.97. The third-order valence-corrected chi connectivity index (χ3v) is 12.8. The van der Waals surface area contributed by atoms with E-state index in [9.17, 15) is 18.2 Å². The van der Waals surface area contributed by atoms with E-state index in [2.05, 4.69) is 64.0 Å². The zero-order chi connectivity index (χ0) is 37.2. The van der Waals surface area contributed by atoms with Crippen LogP contribution in [0.25, 0.3) is 39.4 Å². The summed E-state index contributed by atoms with van der Waals surface area (Å²) in [5, 5.41) is 12.5. The van der Waals surface area contributed by atoms with Gasteiger partial charge < -0.3 is 19.0 Å². The Kier molecular flexibility index (Phi) is 11.6. The van der Waals surface area contributed by atoms with Crippen LogP contribution in [-0.2, 0) is 26.0 Å². The molecule has 10 nitrogen and oxygen atoms in total. The second-order valence-corrected chi connectivity index (χ2v) is 17.1. The normalized spacial score (nSPS) is 19.4. The highest BCUT2D eigenvalue weighted by Gasteiger charge is 2.57. The van der Waals surface area contributed by atoms with E-state index in [4.69, 9.17) is 9.15 Å². The van der Waals surface area contributed by atoms with Gasteiger partial charge in [-0.15, -0.1) is 0 Å². The van der Waals surface area contributed by atoms with Gasteiger partial charge >= 0.3 is 11.8 Å². The average Bonchev–Trinajstić information content (AvgIpc) is 3.84. The highest BCUT2D eigenvalue weighted by molar-refractivity contribution is 9.10. The Morgan fingerprint density at radius 2 is 1.62 bits per heavy atom. The molecule has 1 saturated heterocycles. The number of unbranched alkanes of at least 4 members (excludes halogenated alkanes) is 1. The Labute approximate surface area is 329 Å². The molecule has 0 bridgehead atoms. The molecular weight excluding hydrogens is 848 g/mol. The van der Waals surface area contributed by atoms with Crippen molar-refractivity contribution >= 4 is 76.9 Å². The Morgan fingerprint density at radius 1 is 0.962 bits per heavy atom. The maximum atomic E-state index is 12.9. The number of hydrogen-bond donors (Lipinski definition) is 0. The van der Waals surface area contributed by atoms with Crippen LogP contribution in [0.15, 0.2) is 116 Å². The fraction of sp³-hybridized carbons (Fsp3) is 0.256. The number of rotatable bonds is 13. The predicted octanol–water partition coefficient (Wildman–Crippen LogP) is 8.93. The molecular formula is C39H36Br2N2O8S2. The molecule has 3 heterocycles. The van der Waals surface area contributed by atoms with Gasteiger partial charge in [0.2, 0.25) is 5.58 Å². The Morgan fingerprint density at radius 3 is 2.28 bits per heavy atom. The first kappa shape index (κ1) is 38.0. The number of halogens is 2. The number of benzene rings is 4. The third-order valence-electron chi connectivity index (χ3n) is 9.83. The van der Waals surface area contributed by atoms with Gasteiger partial charge in [0.25, 0.3) is 5.52 Å². The number of aryl methyl sites for hydroxylation is 1. The monoisotopic (exact) mass is 882 g/mol. The van der Waals surface area contributed by atoms with E-state index in [1.807, 2.05) is 85.8 Å². The van der Waals surface area contributed by atoms with Gasteiger partial charge in [-0.25, -0.2) is 12.9 Å². The van der Waals surface area contributed by atoms with Crippen LogP contribution in [0.4, 0.5) is 5.69 Å². The fourth-order valence-electron chi connectivity index (χ4n) is 7.28. The Bertz CT molecular complexity index is 2290. The summed E-state index contributed by atoms with van der Waals surface area (Å²) < 4.78 is 60.1. The van der Waals surface area contributed by atoms with Crippen molar-refractivity contribution in [3.63, 3.8) is 0 Å². The first-order valence-corrected chi connectivity index (χ1v) is 21.2. The molecule has 1 spiro atoms. The Balaban J connectivity index is 1.31. The highest BCUT2D eigenvalue weighted by Crippen LogP contribution is 2.53. The van der Waals surface area contributed by atoms with Crippen LogP contribution >= 0.6 is 43.9 Å². The van der Waals surface area contributed by atoms with Gasteiger partial charge in [0, 0.05) is 64.2 Å². The molecule has 14 heteroatoms. The first-order valence-electron chi connectivity index (χ1n) is 17.2. The number of ether oxygens (including phenoxy) is 1. The van der Waals surface area contributed by atoms with Crippen LogP contribution in [0.1, 0.15) is 44.9 Å². The van der Waals surface area contributed by atoms with Crippen LogP contribution in [0.2, 0.25) is 0 Å². The van der Waals surface area contributed by atoms with Crippen LogP contribution < -0.4 is 19.0 Å². The maximum Gasteiger partial charge on any atom is 0.374 e. The summed E-state index contributed by atoms with van der Waals surface area (Å²) in [6.45, 7) is 3.04. The molecule has 0 N–H and O–H groups in total. The lowest BCUT2D eigenvalue weighted by atomic mass is 10.0. The minimum Gasteiger partial charge on any atom is -0.743 e. The topological polar surface area (TPSA) is 125 Å². The van der Waals surface area contributed by atoms with Gasteiger partial charge in [0.05, 0.1) is 12.6 Å². The molecule has 1 aromatic heterocycles. The summed E-state index contributed by atoms with van der Waals surface area (Å²) in [6, 6.07) is 27.9. The zero-order valence-corrected chi connectivity index (χ0v) is 33.5. The van der Waals surface area contributed by atoms with Crippen molar-refractivity contribution in [2.75, 3.05) is 12.3 Å². The number of allylic oxidation sites excluding steroid dienone is 2. The molecule has 2 aliphatic rings. The molecule has 276 valence electrons. The third kappa shape index (κ3) is 7.93. The maximum absolute atomic E-state index is 12.9. The van der Waals surface area contributed by atoms with E-state index < -0.39 is 15.5 Å². The van der Waals surface area contributed by atoms with E-state index in [-0.39, 0.29) is 10.9 Å². The number of aromatic nitrogens is 1. The number of hydrogen-bond acceptors (Lipinski definition) is 9. The molecule has 0 radical (unpaired) electrons. The molecule has 4 aromatic carbocycles. The second kappa shape index (κ2) is 16.2. The lowest BCUT2D eigenvalue weighted by molar-refractivity contribution is -0.777. The minimum absolute atomic E-state index is 0.188.